The van der Waals surface area contributed by atoms with Crippen molar-refractivity contribution in [3.05, 3.63) is 35.4 Å². The van der Waals surface area contributed by atoms with Crippen LogP contribution in [0.2, 0.25) is 0 Å². The quantitative estimate of drug-likeness (QED) is 0.836. The summed E-state index contributed by atoms with van der Waals surface area (Å²) in [6.07, 6.45) is 2.21. The molecule has 1 unspecified atom stereocenters. The van der Waals surface area contributed by atoms with E-state index >= 15 is 0 Å². The molecule has 18 heavy (non-hydrogen) atoms. The normalized spacial score (nSPS) is 20.7. The van der Waals surface area contributed by atoms with E-state index in [2.05, 4.69) is 17.3 Å². The van der Waals surface area contributed by atoms with E-state index in [1.54, 1.807) is 0 Å². The second-order valence-corrected chi connectivity index (χ2v) is 4.98. The molecule has 1 fully saturated rings. The van der Waals surface area contributed by atoms with Gasteiger partial charge < -0.3 is 16.0 Å². The highest BCUT2D eigenvalue weighted by Crippen LogP contribution is 2.10. The van der Waals surface area contributed by atoms with Crippen LogP contribution in [0.15, 0.2) is 24.3 Å². The number of rotatable bonds is 3. The van der Waals surface area contributed by atoms with Crippen LogP contribution in [0.5, 0.6) is 0 Å². The van der Waals surface area contributed by atoms with Crippen molar-refractivity contribution in [3.63, 3.8) is 0 Å². The number of carbonyl (C=O) groups is 1. The third kappa shape index (κ3) is 3.31. The molecule has 1 aromatic rings. The fourth-order valence-corrected chi connectivity index (χ4v) is 2.35. The summed E-state index contributed by atoms with van der Waals surface area (Å²) in [5.41, 5.74) is 7.29. The smallest absolute Gasteiger partial charge is 0.251 e. The highest BCUT2D eigenvalue weighted by molar-refractivity contribution is 5.94. The number of amides is 1. The molecule has 1 aromatic carbocycles. The lowest BCUT2D eigenvalue weighted by Gasteiger charge is -2.30. The van der Waals surface area contributed by atoms with Crippen molar-refractivity contribution in [1.82, 2.24) is 10.2 Å². The first-order valence-corrected chi connectivity index (χ1v) is 6.47. The Bertz CT molecular complexity index is 402. The van der Waals surface area contributed by atoms with E-state index in [1.807, 2.05) is 24.3 Å². The third-order valence-electron chi connectivity index (χ3n) is 3.41. The van der Waals surface area contributed by atoms with Crippen LogP contribution < -0.4 is 11.1 Å². The van der Waals surface area contributed by atoms with Gasteiger partial charge in [0.25, 0.3) is 5.91 Å². The van der Waals surface area contributed by atoms with Crippen LogP contribution in [0.25, 0.3) is 0 Å². The maximum atomic E-state index is 12.1. The van der Waals surface area contributed by atoms with Crippen LogP contribution >= 0.6 is 0 Å². The number of nitrogens with zero attached hydrogens (tertiary/aromatic N) is 1. The van der Waals surface area contributed by atoms with Crippen LogP contribution in [0.3, 0.4) is 0 Å². The minimum atomic E-state index is 0.0128. The lowest BCUT2D eigenvalue weighted by molar-refractivity contribution is 0.0912. The maximum Gasteiger partial charge on any atom is 0.251 e. The number of likely N-dealkylation sites (tertiary alicyclic amines) is 1. The molecule has 1 aliphatic heterocycles. The summed E-state index contributed by atoms with van der Waals surface area (Å²) in [5, 5.41) is 3.09. The molecule has 0 bridgehead atoms. The van der Waals surface area contributed by atoms with Gasteiger partial charge in [-0.2, -0.15) is 0 Å². The largest absolute Gasteiger partial charge is 0.348 e. The molecule has 1 heterocycles. The lowest BCUT2D eigenvalue weighted by Crippen LogP contribution is -2.46. The standard InChI is InChI=1S/C14H21N3O/c1-17-8-2-3-13(10-17)16-14(18)12-6-4-11(9-15)5-7-12/h4-7,13H,2-3,8-10,15H2,1H3,(H,16,18). The van der Waals surface area contributed by atoms with Gasteiger partial charge in [-0.15, -0.1) is 0 Å². The monoisotopic (exact) mass is 247 g/mol. The lowest BCUT2D eigenvalue weighted by atomic mass is 10.1. The number of hydrogen-bond donors (Lipinski definition) is 2. The molecule has 3 N–H and O–H groups in total. The van der Waals surface area contributed by atoms with Gasteiger partial charge in [0.2, 0.25) is 0 Å². The second-order valence-electron chi connectivity index (χ2n) is 4.98. The van der Waals surface area contributed by atoms with Crippen LogP contribution in [-0.2, 0) is 6.54 Å². The van der Waals surface area contributed by atoms with Crippen LogP contribution in [0.1, 0.15) is 28.8 Å². The topological polar surface area (TPSA) is 58.4 Å². The van der Waals surface area contributed by atoms with Crippen LogP contribution in [0, 0.1) is 0 Å². The number of piperidine rings is 1. The molecule has 2 rings (SSSR count). The Morgan fingerprint density at radius 2 is 2.17 bits per heavy atom. The predicted molar refractivity (Wildman–Crippen MR) is 72.3 cm³/mol. The first kappa shape index (κ1) is 13.1. The van der Waals surface area contributed by atoms with Gasteiger partial charge in [-0.05, 0) is 44.1 Å². The van der Waals surface area contributed by atoms with E-state index in [0.717, 1.165) is 31.5 Å². The van der Waals surface area contributed by atoms with Gasteiger partial charge in [0.1, 0.15) is 0 Å². The summed E-state index contributed by atoms with van der Waals surface area (Å²) in [6.45, 7) is 2.57. The molecule has 4 nitrogen and oxygen atoms in total. The molecule has 0 aromatic heterocycles. The minimum absolute atomic E-state index is 0.0128. The van der Waals surface area contributed by atoms with Crippen molar-refractivity contribution >= 4 is 5.91 Å². The molecule has 1 atom stereocenters. The summed E-state index contributed by atoms with van der Waals surface area (Å²) in [5.74, 6) is 0.0128. The summed E-state index contributed by atoms with van der Waals surface area (Å²) in [4.78, 5) is 14.3. The van der Waals surface area contributed by atoms with E-state index in [0.29, 0.717) is 12.1 Å². The summed E-state index contributed by atoms with van der Waals surface area (Å²) in [6, 6.07) is 7.75. The zero-order valence-corrected chi connectivity index (χ0v) is 10.9. The zero-order chi connectivity index (χ0) is 13.0. The van der Waals surface area contributed by atoms with Gasteiger partial charge >= 0.3 is 0 Å². The van der Waals surface area contributed by atoms with Crippen molar-refractivity contribution in [3.8, 4) is 0 Å². The van der Waals surface area contributed by atoms with E-state index in [1.165, 1.54) is 0 Å². The second kappa shape index (κ2) is 5.98. The SMILES string of the molecule is CN1CCCC(NC(=O)c2ccc(CN)cc2)C1. The molecule has 98 valence electrons. The number of likely N-dealkylation sites (N-methyl/N-ethyl adjacent to an activating group) is 1. The number of carbonyl (C=O) groups excluding carboxylic acids is 1. The van der Waals surface area contributed by atoms with Crippen LogP contribution in [0.4, 0.5) is 0 Å². The van der Waals surface area contributed by atoms with Crippen LogP contribution in [-0.4, -0.2) is 37.0 Å². The van der Waals surface area contributed by atoms with Crippen molar-refractivity contribution in [2.24, 2.45) is 5.73 Å². The Kier molecular flexibility index (Phi) is 4.33. The van der Waals surface area contributed by atoms with Gasteiger partial charge in [-0.3, -0.25) is 4.79 Å². The fourth-order valence-electron chi connectivity index (χ4n) is 2.35. The number of nitrogens with two attached hydrogens (primary N) is 1. The van der Waals surface area contributed by atoms with E-state index in [9.17, 15) is 4.79 Å². The highest BCUT2D eigenvalue weighted by Gasteiger charge is 2.19. The zero-order valence-electron chi connectivity index (χ0n) is 10.9. The molecule has 1 saturated heterocycles. The van der Waals surface area contributed by atoms with Crippen molar-refractivity contribution in [2.45, 2.75) is 25.4 Å². The highest BCUT2D eigenvalue weighted by atomic mass is 16.1. The van der Waals surface area contributed by atoms with Gasteiger partial charge in [-0.1, -0.05) is 12.1 Å². The molecule has 0 aliphatic carbocycles. The van der Waals surface area contributed by atoms with Crippen molar-refractivity contribution < 1.29 is 4.79 Å². The predicted octanol–water partition coefficient (Wildman–Crippen LogP) is 0.969. The third-order valence-corrected chi connectivity index (χ3v) is 3.41. The Hall–Kier alpha value is -1.39. The average Bonchev–Trinajstić information content (AvgIpc) is 2.39. The van der Waals surface area contributed by atoms with Gasteiger partial charge in [0, 0.05) is 24.7 Å². The number of benzene rings is 1. The Labute approximate surface area is 108 Å². The van der Waals surface area contributed by atoms with E-state index in [4.69, 9.17) is 5.73 Å². The van der Waals surface area contributed by atoms with E-state index in [-0.39, 0.29) is 11.9 Å². The summed E-state index contributed by atoms with van der Waals surface area (Å²) >= 11 is 0. The average molecular weight is 247 g/mol. The molecule has 0 saturated carbocycles. The van der Waals surface area contributed by atoms with Gasteiger partial charge in [0.05, 0.1) is 0 Å². The Balaban J connectivity index is 1.94. The Morgan fingerprint density at radius 3 is 2.78 bits per heavy atom. The molecule has 0 radical (unpaired) electrons. The molecule has 1 amide bonds. The first-order valence-electron chi connectivity index (χ1n) is 6.47. The number of nitrogens with one attached hydrogen (secondary N) is 1. The maximum absolute atomic E-state index is 12.1. The van der Waals surface area contributed by atoms with E-state index < -0.39 is 0 Å². The number of hydrogen-bond acceptors (Lipinski definition) is 3. The van der Waals surface area contributed by atoms with Crippen molar-refractivity contribution in [2.75, 3.05) is 20.1 Å². The first-order chi connectivity index (χ1) is 8.69. The van der Waals surface area contributed by atoms with Gasteiger partial charge in [-0.25, -0.2) is 0 Å². The molecular weight excluding hydrogens is 226 g/mol. The molecular formula is C14H21N3O. The van der Waals surface area contributed by atoms with Crippen molar-refractivity contribution in [1.29, 1.82) is 0 Å². The molecule has 0 spiro atoms. The van der Waals surface area contributed by atoms with Gasteiger partial charge in [0.15, 0.2) is 0 Å². The molecule has 1 aliphatic rings. The summed E-state index contributed by atoms with van der Waals surface area (Å²) in [7, 11) is 2.09. The molecule has 4 heteroatoms. The summed E-state index contributed by atoms with van der Waals surface area (Å²) < 4.78 is 0. The Morgan fingerprint density at radius 1 is 1.44 bits per heavy atom. The fraction of sp³-hybridized carbons (Fsp3) is 0.500. The minimum Gasteiger partial charge on any atom is -0.348 e.